The second kappa shape index (κ2) is 14.7. The van der Waals surface area contributed by atoms with Gasteiger partial charge in [-0.05, 0) is 88.7 Å². The molecule has 7 nitrogen and oxygen atoms in total. The van der Waals surface area contributed by atoms with Crippen molar-refractivity contribution < 1.29 is 24.1 Å². The lowest BCUT2D eigenvalue weighted by Gasteiger charge is -2.36. The third-order valence-corrected chi connectivity index (χ3v) is 10.4. The van der Waals surface area contributed by atoms with E-state index in [0.717, 1.165) is 63.7 Å². The molecule has 1 saturated carbocycles. The number of nitrogens with zero attached hydrogens (tertiary/aromatic N) is 1. The van der Waals surface area contributed by atoms with Crippen LogP contribution in [-0.4, -0.2) is 78.9 Å². The summed E-state index contributed by atoms with van der Waals surface area (Å²) in [6.07, 6.45) is 15.4. The highest BCUT2D eigenvalue weighted by molar-refractivity contribution is 7.86. The van der Waals surface area contributed by atoms with Crippen LogP contribution in [0.1, 0.15) is 71.1 Å². The van der Waals surface area contributed by atoms with E-state index in [1.54, 1.807) is 0 Å². The van der Waals surface area contributed by atoms with Gasteiger partial charge in [-0.3, -0.25) is 0 Å². The molecule has 1 saturated heterocycles. The first-order chi connectivity index (χ1) is 18.3. The number of methoxy groups -OCH3 is 1. The van der Waals surface area contributed by atoms with Crippen LogP contribution in [-0.2, 0) is 20.2 Å². The van der Waals surface area contributed by atoms with Crippen LogP contribution in [0.25, 0.3) is 0 Å². The Bertz CT molecular complexity index is 843. The molecule has 0 aromatic rings. The largest absolute Gasteiger partial charge is 0.387 e. The number of hydrogen-bond donors (Lipinski definition) is 4. The molecule has 4 N–H and O–H groups in total. The quantitative estimate of drug-likeness (QED) is 0.228. The van der Waals surface area contributed by atoms with Gasteiger partial charge in [0.25, 0.3) is 0 Å². The molecule has 0 radical (unpaired) electrons. The number of hydrogen-bond acceptors (Lipinski definition) is 7. The molecule has 0 aromatic heterocycles. The van der Waals surface area contributed by atoms with Gasteiger partial charge in [0.15, 0.2) is 12.5 Å². The topological polar surface area (TPSA) is 95.3 Å². The Morgan fingerprint density at radius 3 is 2.79 bits per heavy atom. The number of alkyl halides is 1. The van der Waals surface area contributed by atoms with E-state index in [1.807, 2.05) is 12.5 Å². The highest BCUT2D eigenvalue weighted by Crippen LogP contribution is 2.39. The molecule has 2 aliphatic carbocycles. The standard InChI is InChI=1S/C29H50FN3O4S/c1-19-6-11-25(30)24(15-19)20-7-9-22(10-8-20)37-23-12-13-31-27(17-23)26-16-21(18-32-26)29(35)33-38(3)14-4-5-28(34)36-2/h7,12-13,19,21-29,31-32,34-35H,4-6,8-11,14-18H2,1-3H3/t19-,21?,22-,23-,24+,25+,26?,27?,28?,29-,38?/m1/s1. The van der Waals surface area contributed by atoms with Crippen molar-refractivity contribution in [3.05, 3.63) is 23.9 Å². The predicted molar refractivity (Wildman–Crippen MR) is 151 cm³/mol. The summed E-state index contributed by atoms with van der Waals surface area (Å²) in [6.45, 7) is 3.01. The van der Waals surface area contributed by atoms with E-state index in [1.165, 1.54) is 12.7 Å². The van der Waals surface area contributed by atoms with Crippen molar-refractivity contribution >= 4 is 10.7 Å². The summed E-state index contributed by atoms with van der Waals surface area (Å²) < 4.78 is 30.6. The normalized spacial score (nSPS) is 38.4. The Labute approximate surface area is 231 Å². The molecule has 4 aliphatic rings. The van der Waals surface area contributed by atoms with E-state index < -0.39 is 18.7 Å². The summed E-state index contributed by atoms with van der Waals surface area (Å²) in [4.78, 5) is 0. The van der Waals surface area contributed by atoms with Crippen molar-refractivity contribution in [3.63, 3.8) is 0 Å². The van der Waals surface area contributed by atoms with Crippen LogP contribution in [0.5, 0.6) is 0 Å². The molecular formula is C29H50FN3O4S. The minimum Gasteiger partial charge on any atom is -0.387 e. The number of nitrogens with one attached hydrogen (secondary N) is 2. The Balaban J connectivity index is 1.20. The van der Waals surface area contributed by atoms with Crippen molar-refractivity contribution in [1.29, 1.82) is 0 Å². The molecule has 0 aromatic carbocycles. The van der Waals surface area contributed by atoms with Gasteiger partial charge < -0.3 is 30.3 Å². The maximum atomic E-state index is 14.6. The Kier molecular flexibility index (Phi) is 11.6. The van der Waals surface area contributed by atoms with Gasteiger partial charge in [-0.25, -0.2) is 8.75 Å². The smallest absolute Gasteiger partial charge is 0.155 e. The first kappa shape index (κ1) is 30.1. The van der Waals surface area contributed by atoms with Gasteiger partial charge in [-0.1, -0.05) is 18.6 Å². The third-order valence-electron chi connectivity index (χ3n) is 8.93. The second-order valence-corrected chi connectivity index (χ2v) is 13.7. The van der Waals surface area contributed by atoms with Crippen molar-refractivity contribution in [2.75, 3.05) is 25.7 Å². The first-order valence-electron chi connectivity index (χ1n) is 14.7. The highest BCUT2D eigenvalue weighted by Gasteiger charge is 2.37. The molecule has 218 valence electrons. The van der Waals surface area contributed by atoms with Crippen LogP contribution in [0, 0.1) is 17.8 Å². The SMILES string of the molecule is COC(O)CCCS(C)=N[C@H](O)C1CNC(C2C[C@H](O[C@@H]3CC=C([C@@H]4C[C@H](C)CC[C@@H]4F)CC3)C=CN2)C1. The molecule has 38 heavy (non-hydrogen) atoms. The molecule has 0 spiro atoms. The third kappa shape index (κ3) is 8.58. The van der Waals surface area contributed by atoms with E-state index in [0.29, 0.717) is 18.8 Å². The predicted octanol–water partition coefficient (Wildman–Crippen LogP) is 3.97. The van der Waals surface area contributed by atoms with E-state index >= 15 is 0 Å². The van der Waals surface area contributed by atoms with Gasteiger partial charge in [0.05, 0.1) is 12.2 Å². The fourth-order valence-corrected chi connectivity index (χ4v) is 7.80. The minimum atomic E-state index is -0.719. The van der Waals surface area contributed by atoms with Crippen molar-refractivity contribution in [2.45, 2.75) is 114 Å². The van der Waals surface area contributed by atoms with Crippen LogP contribution in [0.4, 0.5) is 4.39 Å². The molecule has 11 atom stereocenters. The molecule has 0 amide bonds. The summed E-state index contributed by atoms with van der Waals surface area (Å²) >= 11 is 0. The number of halogens is 1. The second-order valence-electron chi connectivity index (χ2n) is 11.9. The molecule has 0 bridgehead atoms. The maximum absolute atomic E-state index is 14.6. The van der Waals surface area contributed by atoms with Crippen LogP contribution < -0.4 is 10.6 Å². The van der Waals surface area contributed by atoms with Crippen molar-refractivity contribution in [2.24, 2.45) is 22.1 Å². The van der Waals surface area contributed by atoms with Crippen molar-refractivity contribution in [1.82, 2.24) is 10.6 Å². The molecule has 2 aliphatic heterocycles. The Morgan fingerprint density at radius 2 is 2.03 bits per heavy atom. The van der Waals surface area contributed by atoms with Gasteiger partial charge in [0, 0.05) is 43.3 Å². The monoisotopic (exact) mass is 555 g/mol. The molecular weight excluding hydrogens is 505 g/mol. The maximum Gasteiger partial charge on any atom is 0.155 e. The van der Waals surface area contributed by atoms with Crippen LogP contribution >= 0.6 is 0 Å². The van der Waals surface area contributed by atoms with Gasteiger partial charge in [-0.15, -0.1) is 10.7 Å². The van der Waals surface area contributed by atoms with Gasteiger partial charge in [0.1, 0.15) is 6.17 Å². The van der Waals surface area contributed by atoms with Crippen LogP contribution in [0.15, 0.2) is 28.3 Å². The number of ether oxygens (including phenoxy) is 2. The zero-order valence-electron chi connectivity index (χ0n) is 23.4. The minimum absolute atomic E-state index is 0.0734. The number of allylic oxidation sites excluding steroid dienone is 1. The summed E-state index contributed by atoms with van der Waals surface area (Å²) in [5, 5.41) is 27.4. The highest BCUT2D eigenvalue weighted by atomic mass is 32.2. The van der Waals surface area contributed by atoms with Crippen LogP contribution in [0.2, 0.25) is 0 Å². The van der Waals surface area contributed by atoms with Gasteiger partial charge in [-0.2, -0.15) is 0 Å². The lowest BCUT2D eigenvalue weighted by atomic mass is 9.74. The fourth-order valence-electron chi connectivity index (χ4n) is 6.57. The van der Waals surface area contributed by atoms with E-state index in [4.69, 9.17) is 9.47 Å². The number of rotatable bonds is 11. The fraction of sp³-hybridized carbons (Fsp3) is 0.862. The van der Waals surface area contributed by atoms with E-state index in [-0.39, 0.29) is 46.8 Å². The Morgan fingerprint density at radius 1 is 1.18 bits per heavy atom. The van der Waals surface area contributed by atoms with E-state index in [2.05, 4.69) is 34.1 Å². The molecule has 5 unspecified atom stereocenters. The summed E-state index contributed by atoms with van der Waals surface area (Å²) in [5.74, 6) is 1.71. The average molecular weight is 556 g/mol. The summed E-state index contributed by atoms with van der Waals surface area (Å²) in [6, 6.07) is 0.521. The lowest BCUT2D eigenvalue weighted by Crippen LogP contribution is -2.47. The van der Waals surface area contributed by atoms with Gasteiger partial charge >= 0.3 is 0 Å². The van der Waals surface area contributed by atoms with E-state index in [9.17, 15) is 14.6 Å². The average Bonchev–Trinajstić information content (AvgIpc) is 3.41. The number of aliphatic hydroxyl groups excluding tert-OH is 2. The summed E-state index contributed by atoms with van der Waals surface area (Å²) in [5.41, 5.74) is 1.33. The van der Waals surface area contributed by atoms with Crippen LogP contribution in [0.3, 0.4) is 0 Å². The van der Waals surface area contributed by atoms with Gasteiger partial charge in [0.2, 0.25) is 0 Å². The zero-order chi connectivity index (χ0) is 27.1. The first-order valence-corrected chi connectivity index (χ1v) is 16.4. The Hall–Kier alpha value is -0.840. The van der Waals surface area contributed by atoms with Crippen molar-refractivity contribution in [3.8, 4) is 0 Å². The summed E-state index contributed by atoms with van der Waals surface area (Å²) in [7, 11) is 1.26. The zero-order valence-corrected chi connectivity index (χ0v) is 24.3. The molecule has 4 rings (SSSR count). The molecule has 2 fully saturated rings. The molecule has 2 heterocycles. The number of aliphatic hydroxyl groups is 2. The lowest BCUT2D eigenvalue weighted by molar-refractivity contribution is -0.0781. The molecule has 9 heteroatoms.